The van der Waals surface area contributed by atoms with Crippen molar-refractivity contribution in [3.63, 3.8) is 0 Å². The van der Waals surface area contributed by atoms with E-state index < -0.39 is 0 Å². The van der Waals surface area contributed by atoms with Crippen molar-refractivity contribution in [2.75, 3.05) is 43.0 Å². The Hall–Kier alpha value is -3.19. The summed E-state index contributed by atoms with van der Waals surface area (Å²) in [6.45, 7) is 7.46. The van der Waals surface area contributed by atoms with Gasteiger partial charge >= 0.3 is 0 Å². The first-order chi connectivity index (χ1) is 14.3. The normalized spacial score (nSPS) is 14.6. The van der Waals surface area contributed by atoms with Gasteiger partial charge in [-0.1, -0.05) is 30.3 Å². The van der Waals surface area contributed by atoms with Crippen LogP contribution in [0, 0.1) is 0 Å². The van der Waals surface area contributed by atoms with Gasteiger partial charge in [-0.25, -0.2) is 0 Å². The predicted molar refractivity (Wildman–Crippen MR) is 115 cm³/mol. The highest BCUT2D eigenvalue weighted by Gasteiger charge is 2.19. The van der Waals surface area contributed by atoms with Crippen LogP contribution in [0.15, 0.2) is 60.8 Å². The van der Waals surface area contributed by atoms with Gasteiger partial charge in [0, 0.05) is 38.4 Å². The Morgan fingerprint density at radius 3 is 2.45 bits per heavy atom. The number of hydrogen-bond donors (Lipinski definition) is 1. The highest BCUT2D eigenvalue weighted by atomic mass is 16.5. The standard InChI is InChI=1S/C22H26N6O/c1-2-29-20-10-8-19(9-11-20)24-22-25-21(16-23-26-22)28-14-12-27(13-15-28)17-18-6-4-3-5-7-18/h3-11,16H,2,12-15,17H2,1H3,(H,24,25,26). The van der Waals surface area contributed by atoms with E-state index in [9.17, 15) is 0 Å². The number of piperazine rings is 1. The molecule has 0 saturated carbocycles. The summed E-state index contributed by atoms with van der Waals surface area (Å²) in [7, 11) is 0. The number of ether oxygens (including phenoxy) is 1. The van der Waals surface area contributed by atoms with Crippen molar-refractivity contribution in [1.29, 1.82) is 0 Å². The Morgan fingerprint density at radius 2 is 1.72 bits per heavy atom. The van der Waals surface area contributed by atoms with Crippen LogP contribution in [0.4, 0.5) is 17.5 Å². The number of nitrogens with one attached hydrogen (secondary N) is 1. The minimum Gasteiger partial charge on any atom is -0.494 e. The first kappa shape index (κ1) is 19.1. The molecular weight excluding hydrogens is 364 g/mol. The monoisotopic (exact) mass is 390 g/mol. The average molecular weight is 390 g/mol. The van der Waals surface area contributed by atoms with Crippen LogP contribution in [0.2, 0.25) is 0 Å². The molecule has 1 fully saturated rings. The summed E-state index contributed by atoms with van der Waals surface area (Å²) in [5.41, 5.74) is 2.26. The fourth-order valence-corrected chi connectivity index (χ4v) is 3.41. The highest BCUT2D eigenvalue weighted by molar-refractivity contribution is 5.55. The smallest absolute Gasteiger partial charge is 0.249 e. The van der Waals surface area contributed by atoms with Crippen LogP contribution in [0.5, 0.6) is 5.75 Å². The molecule has 2 heterocycles. The molecule has 29 heavy (non-hydrogen) atoms. The third-order valence-electron chi connectivity index (χ3n) is 4.91. The Balaban J connectivity index is 1.34. The Kier molecular flexibility index (Phi) is 6.16. The summed E-state index contributed by atoms with van der Waals surface area (Å²) < 4.78 is 5.47. The van der Waals surface area contributed by atoms with Crippen LogP contribution in [0.1, 0.15) is 12.5 Å². The molecule has 0 atom stereocenters. The zero-order valence-electron chi connectivity index (χ0n) is 16.7. The van der Waals surface area contributed by atoms with Gasteiger partial charge in [-0.3, -0.25) is 4.90 Å². The summed E-state index contributed by atoms with van der Waals surface area (Å²) in [4.78, 5) is 9.39. The minimum atomic E-state index is 0.498. The van der Waals surface area contributed by atoms with Crippen molar-refractivity contribution < 1.29 is 4.74 Å². The fourth-order valence-electron chi connectivity index (χ4n) is 3.41. The van der Waals surface area contributed by atoms with E-state index in [0.717, 1.165) is 50.0 Å². The van der Waals surface area contributed by atoms with Gasteiger partial charge in [-0.05, 0) is 36.8 Å². The third kappa shape index (κ3) is 5.20. The number of nitrogens with zero attached hydrogens (tertiary/aromatic N) is 5. The molecule has 1 aromatic heterocycles. The summed E-state index contributed by atoms with van der Waals surface area (Å²) in [6, 6.07) is 18.4. The van der Waals surface area contributed by atoms with E-state index >= 15 is 0 Å². The Morgan fingerprint density at radius 1 is 0.966 bits per heavy atom. The average Bonchev–Trinajstić information content (AvgIpc) is 2.77. The first-order valence-corrected chi connectivity index (χ1v) is 10.0. The molecule has 0 amide bonds. The molecule has 1 N–H and O–H groups in total. The number of anilines is 3. The predicted octanol–water partition coefficient (Wildman–Crippen LogP) is 3.34. The van der Waals surface area contributed by atoms with Gasteiger partial charge in [-0.2, -0.15) is 10.1 Å². The van der Waals surface area contributed by atoms with Crippen LogP contribution in [-0.2, 0) is 6.54 Å². The summed E-state index contributed by atoms with van der Waals surface area (Å²) >= 11 is 0. The van der Waals surface area contributed by atoms with Crippen LogP contribution < -0.4 is 15.0 Å². The maximum Gasteiger partial charge on any atom is 0.249 e. The summed E-state index contributed by atoms with van der Waals surface area (Å²) in [5.74, 6) is 2.20. The Bertz CT molecular complexity index is 895. The van der Waals surface area contributed by atoms with Crippen LogP contribution in [0.3, 0.4) is 0 Å². The largest absolute Gasteiger partial charge is 0.494 e. The third-order valence-corrected chi connectivity index (χ3v) is 4.91. The van der Waals surface area contributed by atoms with Crippen molar-refractivity contribution in [3.8, 4) is 5.75 Å². The quantitative estimate of drug-likeness (QED) is 0.664. The Labute approximate surface area is 171 Å². The molecule has 0 bridgehead atoms. The van der Waals surface area contributed by atoms with E-state index in [0.29, 0.717) is 12.6 Å². The molecule has 150 valence electrons. The van der Waals surface area contributed by atoms with E-state index in [2.05, 4.69) is 60.6 Å². The maximum absolute atomic E-state index is 5.47. The van der Waals surface area contributed by atoms with Crippen molar-refractivity contribution in [2.45, 2.75) is 13.5 Å². The molecule has 0 unspecified atom stereocenters. The second-order valence-electron chi connectivity index (χ2n) is 6.97. The molecular formula is C22H26N6O. The van der Waals surface area contributed by atoms with E-state index in [1.54, 1.807) is 6.20 Å². The van der Waals surface area contributed by atoms with Crippen molar-refractivity contribution >= 4 is 17.5 Å². The zero-order valence-corrected chi connectivity index (χ0v) is 16.7. The minimum absolute atomic E-state index is 0.498. The SMILES string of the molecule is CCOc1ccc(Nc2nncc(N3CCN(Cc4ccccc4)CC3)n2)cc1. The lowest BCUT2D eigenvalue weighted by Crippen LogP contribution is -2.46. The van der Waals surface area contributed by atoms with E-state index in [1.807, 2.05) is 31.2 Å². The molecule has 1 aliphatic rings. The summed E-state index contributed by atoms with van der Waals surface area (Å²) in [5, 5.41) is 11.5. The van der Waals surface area contributed by atoms with Crippen LogP contribution in [0.25, 0.3) is 0 Å². The van der Waals surface area contributed by atoms with Gasteiger partial charge in [-0.15, -0.1) is 5.10 Å². The van der Waals surface area contributed by atoms with E-state index in [1.165, 1.54) is 5.56 Å². The van der Waals surface area contributed by atoms with Gasteiger partial charge in [0.15, 0.2) is 5.82 Å². The van der Waals surface area contributed by atoms with Crippen molar-refractivity contribution in [2.24, 2.45) is 0 Å². The van der Waals surface area contributed by atoms with Crippen molar-refractivity contribution in [1.82, 2.24) is 20.1 Å². The molecule has 0 aliphatic carbocycles. The number of rotatable bonds is 7. The second kappa shape index (κ2) is 9.34. The molecule has 0 spiro atoms. The lowest BCUT2D eigenvalue weighted by molar-refractivity contribution is 0.249. The molecule has 0 radical (unpaired) electrons. The molecule has 1 aliphatic heterocycles. The van der Waals surface area contributed by atoms with Gasteiger partial charge in [0.1, 0.15) is 5.75 Å². The van der Waals surface area contributed by atoms with Crippen molar-refractivity contribution in [3.05, 3.63) is 66.4 Å². The topological polar surface area (TPSA) is 66.4 Å². The van der Waals surface area contributed by atoms with Gasteiger partial charge < -0.3 is 15.0 Å². The molecule has 7 nitrogen and oxygen atoms in total. The van der Waals surface area contributed by atoms with Crippen LogP contribution in [-0.4, -0.2) is 52.9 Å². The molecule has 3 aromatic rings. The maximum atomic E-state index is 5.47. The van der Waals surface area contributed by atoms with Gasteiger partial charge in [0.05, 0.1) is 12.8 Å². The lowest BCUT2D eigenvalue weighted by atomic mass is 10.2. The molecule has 7 heteroatoms. The summed E-state index contributed by atoms with van der Waals surface area (Å²) in [6.07, 6.45) is 1.73. The number of aromatic nitrogens is 3. The van der Waals surface area contributed by atoms with Gasteiger partial charge in [0.2, 0.25) is 5.95 Å². The highest BCUT2D eigenvalue weighted by Crippen LogP contribution is 2.20. The lowest BCUT2D eigenvalue weighted by Gasteiger charge is -2.35. The fraction of sp³-hybridized carbons (Fsp3) is 0.318. The molecule has 4 rings (SSSR count). The first-order valence-electron chi connectivity index (χ1n) is 10.0. The van der Waals surface area contributed by atoms with E-state index in [4.69, 9.17) is 4.74 Å². The molecule has 2 aromatic carbocycles. The van der Waals surface area contributed by atoms with Gasteiger partial charge in [0.25, 0.3) is 0 Å². The van der Waals surface area contributed by atoms with Crippen LogP contribution >= 0.6 is 0 Å². The van der Waals surface area contributed by atoms with E-state index in [-0.39, 0.29) is 0 Å². The zero-order chi connectivity index (χ0) is 19.9. The number of hydrogen-bond acceptors (Lipinski definition) is 7. The molecule has 1 saturated heterocycles. The second-order valence-corrected chi connectivity index (χ2v) is 6.97. The number of benzene rings is 2.